The Morgan fingerprint density at radius 1 is 1.17 bits per heavy atom. The zero-order chi connectivity index (χ0) is 25.5. The second kappa shape index (κ2) is 12.1. The molecule has 0 spiro atoms. The van der Waals surface area contributed by atoms with Crippen molar-refractivity contribution in [1.29, 1.82) is 0 Å². The molecule has 3 aromatic rings. The van der Waals surface area contributed by atoms with Crippen LogP contribution in [0.15, 0.2) is 47.6 Å². The van der Waals surface area contributed by atoms with Crippen molar-refractivity contribution < 1.29 is 14.3 Å². The number of carbonyl (C=O) groups is 2. The monoisotopic (exact) mass is 515 g/mol. The van der Waals surface area contributed by atoms with Crippen LogP contribution < -0.4 is 15.4 Å². The minimum atomic E-state index is -0.383. The zero-order valence-electron chi connectivity index (χ0n) is 20.5. The van der Waals surface area contributed by atoms with Gasteiger partial charge in [0.15, 0.2) is 11.0 Å². The van der Waals surface area contributed by atoms with Gasteiger partial charge in [-0.3, -0.25) is 9.59 Å². The summed E-state index contributed by atoms with van der Waals surface area (Å²) in [5.74, 6) is 0.964. The summed E-state index contributed by atoms with van der Waals surface area (Å²) in [5.41, 5.74) is 2.04. The molecule has 0 unspecified atom stereocenters. The highest BCUT2D eigenvalue weighted by atomic mass is 35.5. The number of ether oxygens (including phenoxy) is 1. The fraction of sp³-hybridized carbons (Fsp3) is 0.360. The fourth-order valence-electron chi connectivity index (χ4n) is 3.56. The Bertz CT molecular complexity index is 1200. The Labute approximate surface area is 214 Å². The third kappa shape index (κ3) is 6.55. The van der Waals surface area contributed by atoms with E-state index in [0.29, 0.717) is 39.5 Å². The van der Waals surface area contributed by atoms with Gasteiger partial charge in [-0.05, 0) is 49.6 Å². The van der Waals surface area contributed by atoms with E-state index in [9.17, 15) is 9.59 Å². The molecule has 8 nitrogen and oxygen atoms in total. The van der Waals surface area contributed by atoms with Crippen LogP contribution in [0.4, 0.5) is 5.69 Å². The molecule has 3 rings (SSSR count). The fourth-order valence-corrected chi connectivity index (χ4v) is 4.59. The van der Waals surface area contributed by atoms with Crippen molar-refractivity contribution in [2.45, 2.75) is 45.4 Å². The van der Waals surface area contributed by atoms with Gasteiger partial charge in [-0.15, -0.1) is 10.2 Å². The number of aromatic nitrogens is 3. The van der Waals surface area contributed by atoms with Crippen molar-refractivity contribution in [3.8, 4) is 5.75 Å². The summed E-state index contributed by atoms with van der Waals surface area (Å²) in [6.07, 6.45) is 0. The number of methoxy groups -OCH3 is 1. The molecule has 1 atom stereocenters. The van der Waals surface area contributed by atoms with Crippen LogP contribution in [0.2, 0.25) is 5.02 Å². The van der Waals surface area contributed by atoms with E-state index in [1.54, 1.807) is 31.4 Å². The van der Waals surface area contributed by atoms with Crippen LogP contribution in [0.3, 0.4) is 0 Å². The minimum Gasteiger partial charge on any atom is -0.495 e. The Morgan fingerprint density at radius 2 is 1.91 bits per heavy atom. The van der Waals surface area contributed by atoms with Gasteiger partial charge in [0.2, 0.25) is 5.91 Å². The first-order chi connectivity index (χ1) is 16.7. The SMILES string of the molecule is CCn1c(SCC(=O)Nc2cc(C)ccc2OC)nnc1[C@@H](NC(=O)c1ccccc1Cl)C(C)C. The minimum absolute atomic E-state index is 0.0471. The summed E-state index contributed by atoms with van der Waals surface area (Å²) in [5, 5.41) is 15.6. The average molecular weight is 516 g/mol. The first kappa shape index (κ1) is 26.6. The predicted octanol–water partition coefficient (Wildman–Crippen LogP) is 5.13. The molecule has 35 heavy (non-hydrogen) atoms. The number of nitrogens with zero attached hydrogens (tertiary/aromatic N) is 3. The van der Waals surface area contributed by atoms with Crippen LogP contribution in [-0.2, 0) is 11.3 Å². The maximum atomic E-state index is 12.9. The molecule has 0 saturated heterocycles. The Morgan fingerprint density at radius 3 is 2.57 bits per heavy atom. The van der Waals surface area contributed by atoms with E-state index in [4.69, 9.17) is 16.3 Å². The number of aryl methyl sites for hydroxylation is 1. The number of nitrogens with one attached hydrogen (secondary N) is 2. The van der Waals surface area contributed by atoms with Gasteiger partial charge in [0.05, 0.1) is 35.2 Å². The molecule has 186 valence electrons. The smallest absolute Gasteiger partial charge is 0.253 e. The summed E-state index contributed by atoms with van der Waals surface area (Å²) in [6, 6.07) is 12.1. The lowest BCUT2D eigenvalue weighted by molar-refractivity contribution is -0.113. The van der Waals surface area contributed by atoms with Gasteiger partial charge in [0.1, 0.15) is 5.75 Å². The summed E-state index contributed by atoms with van der Waals surface area (Å²) >= 11 is 7.49. The summed E-state index contributed by atoms with van der Waals surface area (Å²) in [7, 11) is 1.57. The van der Waals surface area contributed by atoms with E-state index in [-0.39, 0.29) is 29.5 Å². The van der Waals surface area contributed by atoms with Crippen molar-refractivity contribution in [2.75, 3.05) is 18.2 Å². The highest BCUT2D eigenvalue weighted by Crippen LogP contribution is 2.28. The highest BCUT2D eigenvalue weighted by molar-refractivity contribution is 7.99. The van der Waals surface area contributed by atoms with Crippen LogP contribution in [0.5, 0.6) is 5.75 Å². The lowest BCUT2D eigenvalue weighted by Gasteiger charge is -2.22. The van der Waals surface area contributed by atoms with Gasteiger partial charge in [0.25, 0.3) is 5.91 Å². The number of amides is 2. The van der Waals surface area contributed by atoms with Crippen molar-refractivity contribution >= 4 is 40.9 Å². The van der Waals surface area contributed by atoms with Crippen LogP contribution in [0, 0.1) is 12.8 Å². The van der Waals surface area contributed by atoms with Gasteiger partial charge >= 0.3 is 0 Å². The number of halogens is 1. The van der Waals surface area contributed by atoms with Crippen LogP contribution in [-0.4, -0.2) is 39.4 Å². The third-order valence-electron chi connectivity index (χ3n) is 5.37. The maximum absolute atomic E-state index is 12.9. The molecule has 0 fully saturated rings. The van der Waals surface area contributed by atoms with Crippen molar-refractivity contribution in [2.24, 2.45) is 5.92 Å². The van der Waals surface area contributed by atoms with E-state index in [1.165, 1.54) is 11.8 Å². The maximum Gasteiger partial charge on any atom is 0.253 e. The van der Waals surface area contributed by atoms with E-state index >= 15 is 0 Å². The van der Waals surface area contributed by atoms with E-state index in [1.807, 2.05) is 50.5 Å². The molecular formula is C25H30ClN5O3S. The van der Waals surface area contributed by atoms with E-state index < -0.39 is 0 Å². The molecule has 0 radical (unpaired) electrons. The molecule has 1 heterocycles. The molecule has 10 heteroatoms. The van der Waals surface area contributed by atoms with Gasteiger partial charge < -0.3 is 19.9 Å². The third-order valence-corrected chi connectivity index (χ3v) is 6.67. The topological polar surface area (TPSA) is 98.1 Å². The quantitative estimate of drug-likeness (QED) is 0.363. The largest absolute Gasteiger partial charge is 0.495 e. The van der Waals surface area contributed by atoms with E-state index in [2.05, 4.69) is 20.8 Å². The lowest BCUT2D eigenvalue weighted by Crippen LogP contribution is -2.34. The van der Waals surface area contributed by atoms with Gasteiger partial charge in [-0.1, -0.05) is 55.4 Å². The second-order valence-electron chi connectivity index (χ2n) is 8.30. The van der Waals surface area contributed by atoms with Gasteiger partial charge in [0, 0.05) is 6.54 Å². The van der Waals surface area contributed by atoms with Crippen LogP contribution in [0.25, 0.3) is 0 Å². The molecule has 2 amide bonds. The number of benzene rings is 2. The van der Waals surface area contributed by atoms with E-state index in [0.717, 1.165) is 5.56 Å². The summed E-state index contributed by atoms with van der Waals surface area (Å²) in [4.78, 5) is 25.5. The molecule has 2 aromatic carbocycles. The van der Waals surface area contributed by atoms with Crippen molar-refractivity contribution in [3.05, 3.63) is 64.4 Å². The molecule has 0 aliphatic carbocycles. The van der Waals surface area contributed by atoms with Crippen molar-refractivity contribution in [1.82, 2.24) is 20.1 Å². The summed E-state index contributed by atoms with van der Waals surface area (Å²) < 4.78 is 7.25. The number of rotatable bonds is 10. The highest BCUT2D eigenvalue weighted by Gasteiger charge is 2.27. The van der Waals surface area contributed by atoms with Gasteiger partial charge in [-0.2, -0.15) is 0 Å². The Balaban J connectivity index is 1.73. The summed E-state index contributed by atoms with van der Waals surface area (Å²) in [6.45, 7) is 8.51. The number of thioether (sulfide) groups is 1. The molecule has 2 N–H and O–H groups in total. The number of carbonyl (C=O) groups excluding carboxylic acids is 2. The number of hydrogen-bond donors (Lipinski definition) is 2. The second-order valence-corrected chi connectivity index (χ2v) is 9.65. The average Bonchev–Trinajstić information content (AvgIpc) is 3.23. The lowest BCUT2D eigenvalue weighted by atomic mass is 10.0. The zero-order valence-corrected chi connectivity index (χ0v) is 22.0. The standard InChI is InChI=1S/C25H30ClN5O3S/c1-6-31-23(22(15(2)3)28-24(33)17-9-7-8-10-18(17)26)29-30-25(31)35-14-21(32)27-19-13-16(4)11-12-20(19)34-5/h7-13,15,22H,6,14H2,1-5H3,(H,27,32)(H,28,33)/t22-/m0/s1. The molecule has 0 aliphatic rings. The first-order valence-corrected chi connectivity index (χ1v) is 12.7. The number of anilines is 1. The van der Waals surface area contributed by atoms with Crippen molar-refractivity contribution in [3.63, 3.8) is 0 Å². The van der Waals surface area contributed by atoms with Crippen LogP contribution >= 0.6 is 23.4 Å². The number of hydrogen-bond acceptors (Lipinski definition) is 6. The molecular weight excluding hydrogens is 486 g/mol. The predicted molar refractivity (Wildman–Crippen MR) is 139 cm³/mol. The Kier molecular flexibility index (Phi) is 9.17. The first-order valence-electron chi connectivity index (χ1n) is 11.3. The Hall–Kier alpha value is -3.04. The molecule has 0 aliphatic heterocycles. The molecule has 0 saturated carbocycles. The normalized spacial score (nSPS) is 11.9. The van der Waals surface area contributed by atoms with Crippen LogP contribution in [0.1, 0.15) is 48.6 Å². The molecule has 0 bridgehead atoms. The molecule has 1 aromatic heterocycles. The van der Waals surface area contributed by atoms with Gasteiger partial charge in [-0.25, -0.2) is 0 Å².